The molecule has 1 fully saturated rings. The Kier molecular flexibility index (Phi) is 6.81. The first kappa shape index (κ1) is 18.9. The van der Waals surface area contributed by atoms with Gasteiger partial charge in [-0.2, -0.15) is 0 Å². The van der Waals surface area contributed by atoms with Crippen LogP contribution in [0.15, 0.2) is 30.3 Å². The maximum absolute atomic E-state index is 12.6. The number of hydrogen-bond acceptors (Lipinski definition) is 3. The average Bonchev–Trinajstić information content (AvgIpc) is 2.59. The van der Waals surface area contributed by atoms with E-state index in [1.165, 1.54) is 5.56 Å². The average molecular weight is 332 g/mol. The number of nitrogens with two attached hydrogens (primary N) is 1. The quantitative estimate of drug-likeness (QED) is 0.872. The highest BCUT2D eigenvalue weighted by molar-refractivity contribution is 5.82. The maximum Gasteiger partial charge on any atom is 0.239 e. The van der Waals surface area contributed by atoms with Crippen molar-refractivity contribution in [1.29, 1.82) is 0 Å². The van der Waals surface area contributed by atoms with Crippen molar-refractivity contribution in [2.45, 2.75) is 65.2 Å². The molecule has 2 rings (SSSR count). The fourth-order valence-electron chi connectivity index (χ4n) is 3.45. The molecule has 0 radical (unpaired) electrons. The number of piperidine rings is 1. The summed E-state index contributed by atoms with van der Waals surface area (Å²) in [5.74, 6) is 0.293. The zero-order valence-electron chi connectivity index (χ0n) is 15.6. The molecule has 0 aromatic heterocycles. The second-order valence-electron chi connectivity index (χ2n) is 7.60. The van der Waals surface area contributed by atoms with Crippen molar-refractivity contribution < 1.29 is 4.79 Å². The van der Waals surface area contributed by atoms with Gasteiger partial charge in [-0.25, -0.2) is 0 Å². The summed E-state index contributed by atoms with van der Waals surface area (Å²) in [6.45, 7) is 11.1. The largest absolute Gasteiger partial charge is 0.340 e. The van der Waals surface area contributed by atoms with Crippen molar-refractivity contribution in [1.82, 2.24) is 9.80 Å². The Morgan fingerprint density at radius 2 is 1.92 bits per heavy atom. The number of carbonyl (C=O) groups excluding carboxylic acids is 1. The van der Waals surface area contributed by atoms with Crippen molar-refractivity contribution in [2.75, 3.05) is 13.1 Å². The van der Waals surface area contributed by atoms with E-state index in [1.54, 1.807) is 0 Å². The van der Waals surface area contributed by atoms with Gasteiger partial charge in [0.2, 0.25) is 5.91 Å². The molecule has 1 saturated heterocycles. The molecule has 24 heavy (non-hydrogen) atoms. The molecule has 0 aliphatic carbocycles. The number of rotatable bonds is 6. The first-order chi connectivity index (χ1) is 11.4. The molecule has 2 N–H and O–H groups in total. The first-order valence-electron chi connectivity index (χ1n) is 9.24. The van der Waals surface area contributed by atoms with Gasteiger partial charge in [-0.1, -0.05) is 44.2 Å². The number of nitrogens with zero attached hydrogens (tertiary/aromatic N) is 2. The Labute approximate surface area is 147 Å². The van der Waals surface area contributed by atoms with Crippen LogP contribution < -0.4 is 5.73 Å². The lowest BCUT2D eigenvalue weighted by atomic mass is 9.98. The Hall–Kier alpha value is -1.39. The van der Waals surface area contributed by atoms with E-state index in [-0.39, 0.29) is 17.9 Å². The van der Waals surface area contributed by atoms with Crippen LogP contribution in [0.5, 0.6) is 0 Å². The molecule has 1 heterocycles. The smallest absolute Gasteiger partial charge is 0.239 e. The van der Waals surface area contributed by atoms with Crippen molar-refractivity contribution in [2.24, 2.45) is 11.7 Å². The number of carbonyl (C=O) groups is 1. The predicted octanol–water partition coefficient (Wildman–Crippen LogP) is 2.87. The van der Waals surface area contributed by atoms with Gasteiger partial charge in [0.05, 0.1) is 6.04 Å². The minimum atomic E-state index is -0.384. The maximum atomic E-state index is 12.6. The lowest BCUT2D eigenvalue weighted by Crippen LogP contribution is -2.55. The van der Waals surface area contributed by atoms with Crippen LogP contribution in [-0.4, -0.2) is 46.9 Å². The summed E-state index contributed by atoms with van der Waals surface area (Å²) < 4.78 is 0. The molecular formula is C20H33N3O. The van der Waals surface area contributed by atoms with Gasteiger partial charge in [0, 0.05) is 31.7 Å². The minimum absolute atomic E-state index is 0.109. The zero-order valence-corrected chi connectivity index (χ0v) is 15.6. The molecule has 1 aliphatic rings. The van der Waals surface area contributed by atoms with Crippen molar-refractivity contribution in [3.8, 4) is 0 Å². The molecule has 1 aromatic carbocycles. The van der Waals surface area contributed by atoms with Gasteiger partial charge in [0.1, 0.15) is 0 Å². The summed E-state index contributed by atoms with van der Waals surface area (Å²) in [7, 11) is 0. The van der Waals surface area contributed by atoms with Crippen LogP contribution in [-0.2, 0) is 11.3 Å². The topological polar surface area (TPSA) is 49.6 Å². The third-order valence-corrected chi connectivity index (χ3v) is 5.05. The van der Waals surface area contributed by atoms with Crippen molar-refractivity contribution in [3.63, 3.8) is 0 Å². The van der Waals surface area contributed by atoms with Crippen molar-refractivity contribution in [3.05, 3.63) is 35.9 Å². The summed E-state index contributed by atoms with van der Waals surface area (Å²) >= 11 is 0. The van der Waals surface area contributed by atoms with E-state index in [2.05, 4.69) is 49.1 Å². The molecule has 1 aromatic rings. The van der Waals surface area contributed by atoms with Gasteiger partial charge in [0.25, 0.3) is 0 Å². The standard InChI is InChI=1S/C20H33N3O/c1-15(2)19(21)20(24)22-12-8-11-18(14-22)23(16(3)4)13-17-9-6-5-7-10-17/h5-7,9-10,15-16,18-19H,8,11-14,21H2,1-4H3/t18-,19-/m0/s1. The number of likely N-dealkylation sites (tertiary alicyclic amines) is 1. The SMILES string of the molecule is CC(C)[C@H](N)C(=O)N1CCC[C@H](N(Cc2ccccc2)C(C)C)C1. The van der Waals surface area contributed by atoms with E-state index in [1.807, 2.05) is 18.7 Å². The van der Waals surface area contributed by atoms with Crippen LogP contribution in [0.3, 0.4) is 0 Å². The zero-order chi connectivity index (χ0) is 17.7. The molecule has 1 aliphatic heterocycles. The highest BCUT2D eigenvalue weighted by Gasteiger charge is 2.31. The first-order valence-corrected chi connectivity index (χ1v) is 9.24. The molecule has 4 heteroatoms. The summed E-state index contributed by atoms with van der Waals surface area (Å²) in [6.07, 6.45) is 2.20. The fraction of sp³-hybridized carbons (Fsp3) is 0.650. The fourth-order valence-corrected chi connectivity index (χ4v) is 3.45. The van der Waals surface area contributed by atoms with E-state index in [0.717, 1.165) is 32.5 Å². The lowest BCUT2D eigenvalue weighted by molar-refractivity contribution is -0.136. The molecule has 1 amide bonds. The Morgan fingerprint density at radius 1 is 1.25 bits per heavy atom. The molecule has 4 nitrogen and oxygen atoms in total. The van der Waals surface area contributed by atoms with Crippen LogP contribution in [0, 0.1) is 5.92 Å². The van der Waals surface area contributed by atoms with Gasteiger partial charge in [0.15, 0.2) is 0 Å². The highest BCUT2D eigenvalue weighted by atomic mass is 16.2. The highest BCUT2D eigenvalue weighted by Crippen LogP contribution is 2.21. The molecule has 2 atom stereocenters. The van der Waals surface area contributed by atoms with Crippen LogP contribution >= 0.6 is 0 Å². The van der Waals surface area contributed by atoms with Crippen LogP contribution in [0.25, 0.3) is 0 Å². The Bertz CT molecular complexity index is 515. The van der Waals surface area contributed by atoms with Gasteiger partial charge < -0.3 is 10.6 Å². The molecule has 0 unspecified atom stereocenters. The van der Waals surface area contributed by atoms with E-state index in [9.17, 15) is 4.79 Å². The number of benzene rings is 1. The minimum Gasteiger partial charge on any atom is -0.340 e. The van der Waals surface area contributed by atoms with Gasteiger partial charge in [-0.3, -0.25) is 9.69 Å². The summed E-state index contributed by atoms with van der Waals surface area (Å²) in [6, 6.07) is 11.1. The molecular weight excluding hydrogens is 298 g/mol. The third kappa shape index (κ3) is 4.81. The molecule has 134 valence electrons. The molecule has 0 spiro atoms. The van der Waals surface area contributed by atoms with Gasteiger partial charge >= 0.3 is 0 Å². The second-order valence-corrected chi connectivity index (χ2v) is 7.60. The Balaban J connectivity index is 2.06. The predicted molar refractivity (Wildman–Crippen MR) is 99.5 cm³/mol. The van der Waals surface area contributed by atoms with Crippen molar-refractivity contribution >= 4 is 5.91 Å². The normalized spacial score (nSPS) is 20.0. The monoisotopic (exact) mass is 331 g/mol. The summed E-state index contributed by atoms with van der Waals surface area (Å²) in [5, 5.41) is 0. The van der Waals surface area contributed by atoms with E-state index >= 15 is 0 Å². The molecule has 0 saturated carbocycles. The third-order valence-electron chi connectivity index (χ3n) is 5.05. The lowest BCUT2D eigenvalue weighted by Gasteiger charge is -2.42. The van der Waals surface area contributed by atoms with E-state index in [4.69, 9.17) is 5.73 Å². The Morgan fingerprint density at radius 3 is 2.50 bits per heavy atom. The summed E-state index contributed by atoms with van der Waals surface area (Å²) in [5.41, 5.74) is 7.42. The van der Waals surface area contributed by atoms with Gasteiger partial charge in [-0.05, 0) is 38.2 Å². The number of amides is 1. The van der Waals surface area contributed by atoms with E-state index < -0.39 is 0 Å². The second kappa shape index (κ2) is 8.63. The van der Waals surface area contributed by atoms with Crippen LogP contribution in [0.4, 0.5) is 0 Å². The van der Waals surface area contributed by atoms with Crippen LogP contribution in [0.1, 0.15) is 46.1 Å². The van der Waals surface area contributed by atoms with Crippen LogP contribution in [0.2, 0.25) is 0 Å². The van der Waals surface area contributed by atoms with Gasteiger partial charge in [-0.15, -0.1) is 0 Å². The summed E-state index contributed by atoms with van der Waals surface area (Å²) in [4.78, 5) is 17.1. The molecule has 0 bridgehead atoms. The number of hydrogen-bond donors (Lipinski definition) is 1. The van der Waals surface area contributed by atoms with E-state index in [0.29, 0.717) is 12.1 Å².